The number of hydrogen-bond donors (Lipinski definition) is 0. The van der Waals surface area contributed by atoms with Crippen LogP contribution in [0, 0.1) is 11.8 Å². The highest BCUT2D eigenvalue weighted by atomic mass is 16.5. The van der Waals surface area contributed by atoms with E-state index in [0.717, 1.165) is 38.6 Å². The summed E-state index contributed by atoms with van der Waals surface area (Å²) in [6.45, 7) is 1.47. The monoisotopic (exact) mass is 237 g/mol. The summed E-state index contributed by atoms with van der Waals surface area (Å²) in [7, 11) is 0. The molecule has 2 saturated heterocycles. The highest BCUT2D eigenvalue weighted by Crippen LogP contribution is 2.42. The van der Waals surface area contributed by atoms with Gasteiger partial charge in [0.05, 0.1) is 0 Å². The molecule has 1 saturated carbocycles. The van der Waals surface area contributed by atoms with Crippen molar-refractivity contribution in [2.24, 2.45) is 11.8 Å². The minimum atomic E-state index is 0.0930. The summed E-state index contributed by atoms with van der Waals surface area (Å²) in [5.41, 5.74) is 0. The number of carbonyl (C=O) groups excluding carboxylic acids is 2. The second kappa shape index (κ2) is 4.31. The van der Waals surface area contributed by atoms with Crippen molar-refractivity contribution in [1.29, 1.82) is 0 Å². The first-order valence-corrected chi connectivity index (χ1v) is 6.66. The fourth-order valence-electron chi connectivity index (χ4n) is 4.03. The topological polar surface area (TPSA) is 46.6 Å². The number of amides is 1. The largest absolute Gasteiger partial charge is 0.465 e. The van der Waals surface area contributed by atoms with Crippen molar-refractivity contribution >= 4 is 12.4 Å². The number of piperidine rings is 2. The molecular weight excluding hydrogens is 218 g/mol. The van der Waals surface area contributed by atoms with Crippen LogP contribution in [0.3, 0.4) is 0 Å². The van der Waals surface area contributed by atoms with Gasteiger partial charge in [-0.3, -0.25) is 9.59 Å². The molecule has 2 aliphatic heterocycles. The Labute approximate surface area is 101 Å². The van der Waals surface area contributed by atoms with Gasteiger partial charge in [0.2, 0.25) is 5.91 Å². The maximum atomic E-state index is 11.9. The van der Waals surface area contributed by atoms with Crippen LogP contribution in [-0.2, 0) is 14.3 Å². The zero-order valence-corrected chi connectivity index (χ0v) is 10.0. The van der Waals surface area contributed by atoms with Crippen molar-refractivity contribution in [2.75, 3.05) is 6.54 Å². The molecule has 0 aromatic rings. The van der Waals surface area contributed by atoms with Crippen LogP contribution in [0.1, 0.15) is 38.5 Å². The second-order valence-corrected chi connectivity index (χ2v) is 5.69. The zero-order valence-electron chi connectivity index (χ0n) is 10.0. The Balaban J connectivity index is 1.75. The van der Waals surface area contributed by atoms with E-state index in [0.29, 0.717) is 30.3 Å². The van der Waals surface area contributed by atoms with E-state index in [9.17, 15) is 9.59 Å². The van der Waals surface area contributed by atoms with E-state index < -0.39 is 0 Å². The fraction of sp³-hybridized carbons (Fsp3) is 0.846. The molecule has 0 aromatic carbocycles. The highest BCUT2D eigenvalue weighted by molar-refractivity contribution is 5.77. The van der Waals surface area contributed by atoms with Gasteiger partial charge in [-0.15, -0.1) is 0 Å². The predicted octanol–water partition coefficient (Wildman–Crippen LogP) is 1.34. The summed E-state index contributed by atoms with van der Waals surface area (Å²) in [5, 5.41) is 0. The Morgan fingerprint density at radius 2 is 2.18 bits per heavy atom. The van der Waals surface area contributed by atoms with Crippen molar-refractivity contribution in [1.82, 2.24) is 4.90 Å². The first-order chi connectivity index (χ1) is 8.28. The van der Waals surface area contributed by atoms with Crippen molar-refractivity contribution < 1.29 is 14.3 Å². The van der Waals surface area contributed by atoms with Gasteiger partial charge in [-0.25, -0.2) is 0 Å². The van der Waals surface area contributed by atoms with Crippen LogP contribution in [0.15, 0.2) is 0 Å². The molecule has 0 radical (unpaired) electrons. The Bertz CT molecular complexity index is 331. The minimum absolute atomic E-state index is 0.0930. The van der Waals surface area contributed by atoms with E-state index in [1.54, 1.807) is 0 Å². The van der Waals surface area contributed by atoms with Gasteiger partial charge < -0.3 is 9.64 Å². The van der Waals surface area contributed by atoms with E-state index in [2.05, 4.69) is 4.90 Å². The molecular formula is C13H19NO3. The lowest BCUT2D eigenvalue weighted by molar-refractivity contribution is -0.151. The first-order valence-electron chi connectivity index (χ1n) is 6.66. The van der Waals surface area contributed by atoms with Crippen LogP contribution < -0.4 is 0 Å². The predicted molar refractivity (Wildman–Crippen MR) is 61.1 cm³/mol. The molecule has 4 unspecified atom stereocenters. The number of rotatable bonds is 2. The molecule has 4 atom stereocenters. The van der Waals surface area contributed by atoms with E-state index in [1.807, 2.05) is 0 Å². The molecule has 3 aliphatic rings. The molecule has 2 bridgehead atoms. The summed E-state index contributed by atoms with van der Waals surface area (Å²) in [4.78, 5) is 24.5. The Morgan fingerprint density at radius 3 is 3.00 bits per heavy atom. The van der Waals surface area contributed by atoms with E-state index in [-0.39, 0.29) is 6.10 Å². The van der Waals surface area contributed by atoms with Gasteiger partial charge in [-0.05, 0) is 43.9 Å². The molecule has 2 heterocycles. The Morgan fingerprint density at radius 1 is 1.29 bits per heavy atom. The van der Waals surface area contributed by atoms with Gasteiger partial charge in [-0.2, -0.15) is 0 Å². The molecule has 4 heteroatoms. The molecule has 0 N–H and O–H groups in total. The van der Waals surface area contributed by atoms with Gasteiger partial charge in [0, 0.05) is 19.0 Å². The second-order valence-electron chi connectivity index (χ2n) is 5.69. The number of hydrogen-bond acceptors (Lipinski definition) is 3. The first kappa shape index (κ1) is 11.1. The summed E-state index contributed by atoms with van der Waals surface area (Å²) < 4.78 is 5.14. The molecule has 1 aliphatic carbocycles. The van der Waals surface area contributed by atoms with Crippen LogP contribution >= 0.6 is 0 Å². The third-order valence-electron chi connectivity index (χ3n) is 4.66. The summed E-state index contributed by atoms with van der Waals surface area (Å²) >= 11 is 0. The highest BCUT2D eigenvalue weighted by Gasteiger charge is 2.44. The van der Waals surface area contributed by atoms with Crippen molar-refractivity contribution in [3.8, 4) is 0 Å². The van der Waals surface area contributed by atoms with Gasteiger partial charge in [0.25, 0.3) is 6.47 Å². The number of ether oxygens (including phenoxy) is 1. The van der Waals surface area contributed by atoms with Crippen molar-refractivity contribution in [2.45, 2.75) is 50.7 Å². The van der Waals surface area contributed by atoms with Crippen molar-refractivity contribution in [3.05, 3.63) is 0 Å². The maximum Gasteiger partial charge on any atom is 0.293 e. The molecule has 3 fully saturated rings. The van der Waals surface area contributed by atoms with Gasteiger partial charge in [0.1, 0.15) is 6.10 Å². The average molecular weight is 237 g/mol. The fourth-order valence-corrected chi connectivity index (χ4v) is 4.03. The molecule has 4 nitrogen and oxygen atoms in total. The normalized spacial score (nSPS) is 40.7. The lowest BCUT2D eigenvalue weighted by atomic mass is 9.70. The van der Waals surface area contributed by atoms with Crippen LogP contribution in [0.2, 0.25) is 0 Å². The molecule has 94 valence electrons. The van der Waals surface area contributed by atoms with Crippen LogP contribution in [-0.4, -0.2) is 36.0 Å². The van der Waals surface area contributed by atoms with E-state index in [4.69, 9.17) is 4.74 Å². The SMILES string of the molecule is O=COC1CC2CC(C1)C1CCCC(=O)N1C2. The summed E-state index contributed by atoms with van der Waals surface area (Å²) in [5.74, 6) is 1.43. The van der Waals surface area contributed by atoms with Crippen LogP contribution in [0.5, 0.6) is 0 Å². The third-order valence-corrected chi connectivity index (χ3v) is 4.66. The van der Waals surface area contributed by atoms with Gasteiger partial charge in [0.15, 0.2) is 0 Å². The third kappa shape index (κ3) is 1.94. The molecule has 1 amide bonds. The molecule has 0 spiro atoms. The number of fused-ring (bicyclic) bond motifs is 4. The van der Waals surface area contributed by atoms with Gasteiger partial charge >= 0.3 is 0 Å². The molecule has 0 aromatic heterocycles. The van der Waals surface area contributed by atoms with Crippen LogP contribution in [0.25, 0.3) is 0 Å². The Hall–Kier alpha value is -1.06. The summed E-state index contributed by atoms with van der Waals surface area (Å²) in [6, 6.07) is 0.422. The zero-order chi connectivity index (χ0) is 11.8. The minimum Gasteiger partial charge on any atom is -0.465 e. The van der Waals surface area contributed by atoms with E-state index >= 15 is 0 Å². The van der Waals surface area contributed by atoms with Crippen LogP contribution in [0.4, 0.5) is 0 Å². The quantitative estimate of drug-likeness (QED) is 0.681. The maximum absolute atomic E-state index is 11.9. The lowest BCUT2D eigenvalue weighted by Crippen LogP contribution is -2.56. The van der Waals surface area contributed by atoms with Crippen molar-refractivity contribution in [3.63, 3.8) is 0 Å². The Kier molecular flexibility index (Phi) is 2.81. The summed E-state index contributed by atoms with van der Waals surface area (Å²) in [6.07, 6.45) is 6.08. The smallest absolute Gasteiger partial charge is 0.293 e. The van der Waals surface area contributed by atoms with Gasteiger partial charge in [-0.1, -0.05) is 0 Å². The molecule has 17 heavy (non-hydrogen) atoms. The van der Waals surface area contributed by atoms with E-state index in [1.165, 1.54) is 6.42 Å². The average Bonchev–Trinajstić information content (AvgIpc) is 2.31. The number of nitrogens with zero attached hydrogens (tertiary/aromatic N) is 1. The number of carbonyl (C=O) groups is 2. The lowest BCUT2D eigenvalue weighted by Gasteiger charge is -2.51. The standard InChI is InChI=1S/C13H19NO3/c15-8-17-11-5-9-4-10(6-11)12-2-1-3-13(16)14(12)7-9/h8-12H,1-7H2. The molecule has 3 rings (SSSR count).